The van der Waals surface area contributed by atoms with Crippen molar-refractivity contribution in [2.45, 2.75) is 40.2 Å². The summed E-state index contributed by atoms with van der Waals surface area (Å²) in [4.78, 5) is 24.4. The number of nitrogens with zero attached hydrogens (tertiary/aromatic N) is 4. The molecule has 0 bridgehead atoms. The van der Waals surface area contributed by atoms with Crippen LogP contribution in [0.3, 0.4) is 0 Å². The van der Waals surface area contributed by atoms with Crippen LogP contribution in [0.4, 0.5) is 5.82 Å². The van der Waals surface area contributed by atoms with Gasteiger partial charge in [-0.25, -0.2) is 4.68 Å². The molecular weight excluding hydrogens is 368 g/mol. The summed E-state index contributed by atoms with van der Waals surface area (Å²) < 4.78 is 3.50. The van der Waals surface area contributed by atoms with E-state index in [0.717, 1.165) is 30.0 Å². The highest BCUT2D eigenvalue weighted by Crippen LogP contribution is 2.17. The summed E-state index contributed by atoms with van der Waals surface area (Å²) in [5.74, 6) is 0.0508. The second-order valence-corrected chi connectivity index (χ2v) is 6.82. The number of amides is 2. The van der Waals surface area contributed by atoms with Crippen molar-refractivity contribution < 1.29 is 9.59 Å². The molecular formula is C21H26N6O2. The van der Waals surface area contributed by atoms with Crippen molar-refractivity contribution in [2.75, 3.05) is 11.9 Å². The zero-order chi connectivity index (χ0) is 20.8. The Morgan fingerprint density at radius 1 is 1.07 bits per heavy atom. The first-order valence-corrected chi connectivity index (χ1v) is 9.72. The number of nitrogens with one attached hydrogen (secondary N) is 2. The van der Waals surface area contributed by atoms with Gasteiger partial charge in [-0.15, -0.1) is 0 Å². The average molecular weight is 394 g/mol. The van der Waals surface area contributed by atoms with Crippen LogP contribution in [0, 0.1) is 13.8 Å². The first-order chi connectivity index (χ1) is 14.0. The van der Waals surface area contributed by atoms with Crippen molar-refractivity contribution in [3.63, 3.8) is 0 Å². The molecule has 8 heteroatoms. The summed E-state index contributed by atoms with van der Waals surface area (Å²) in [6.07, 6.45) is 1.10. The lowest BCUT2D eigenvalue weighted by Crippen LogP contribution is -2.26. The normalized spacial score (nSPS) is 10.7. The summed E-state index contributed by atoms with van der Waals surface area (Å²) in [5.41, 5.74) is 3.11. The highest BCUT2D eigenvalue weighted by molar-refractivity contribution is 5.95. The number of aromatic nitrogens is 4. The van der Waals surface area contributed by atoms with Crippen LogP contribution < -0.4 is 10.6 Å². The van der Waals surface area contributed by atoms with Crippen LogP contribution in [-0.2, 0) is 11.3 Å². The SMILES string of the molecule is CCC(=O)Nc1cc(C(=O)NCCCn2nc(C)cc2C)nn1-c1ccccc1. The molecule has 0 aliphatic carbocycles. The van der Waals surface area contributed by atoms with Crippen molar-refractivity contribution >= 4 is 17.6 Å². The van der Waals surface area contributed by atoms with Crippen LogP contribution in [0.1, 0.15) is 41.6 Å². The maximum atomic E-state index is 12.6. The van der Waals surface area contributed by atoms with E-state index in [2.05, 4.69) is 20.8 Å². The fourth-order valence-corrected chi connectivity index (χ4v) is 3.00. The highest BCUT2D eigenvalue weighted by Gasteiger charge is 2.16. The predicted octanol–water partition coefficient (Wildman–Crippen LogP) is 2.85. The molecule has 0 spiro atoms. The van der Waals surface area contributed by atoms with E-state index in [1.54, 1.807) is 17.7 Å². The topological polar surface area (TPSA) is 93.8 Å². The molecule has 0 radical (unpaired) electrons. The molecule has 0 saturated carbocycles. The van der Waals surface area contributed by atoms with Gasteiger partial charge in [-0.05, 0) is 38.5 Å². The second kappa shape index (κ2) is 9.18. The van der Waals surface area contributed by atoms with Gasteiger partial charge in [-0.3, -0.25) is 14.3 Å². The standard InChI is InChI=1S/C21H26N6O2/c1-4-20(28)23-19-14-18(25-27(19)17-9-6-5-7-10-17)21(29)22-11-8-12-26-16(3)13-15(2)24-26/h5-7,9-10,13-14H,4,8,11-12H2,1-3H3,(H,22,29)(H,23,28). The van der Waals surface area contributed by atoms with Crippen molar-refractivity contribution in [1.29, 1.82) is 0 Å². The van der Waals surface area contributed by atoms with Crippen LogP contribution in [-0.4, -0.2) is 37.9 Å². The van der Waals surface area contributed by atoms with E-state index < -0.39 is 0 Å². The molecule has 0 atom stereocenters. The number of rotatable bonds is 8. The Kier molecular flexibility index (Phi) is 6.43. The zero-order valence-corrected chi connectivity index (χ0v) is 17.0. The third-order valence-electron chi connectivity index (χ3n) is 4.47. The fourth-order valence-electron chi connectivity index (χ4n) is 3.00. The number of hydrogen-bond donors (Lipinski definition) is 2. The molecule has 2 heterocycles. The van der Waals surface area contributed by atoms with Crippen LogP contribution >= 0.6 is 0 Å². The fraction of sp³-hybridized carbons (Fsp3) is 0.333. The largest absolute Gasteiger partial charge is 0.351 e. The van der Waals surface area contributed by atoms with Crippen LogP contribution in [0.5, 0.6) is 0 Å². The lowest BCUT2D eigenvalue weighted by Gasteiger charge is -2.07. The molecule has 0 aliphatic heterocycles. The zero-order valence-electron chi connectivity index (χ0n) is 17.0. The monoisotopic (exact) mass is 394 g/mol. The number of carbonyl (C=O) groups excluding carboxylic acids is 2. The third-order valence-corrected chi connectivity index (χ3v) is 4.47. The molecule has 0 unspecified atom stereocenters. The Labute approximate surface area is 169 Å². The van der Waals surface area contributed by atoms with Gasteiger partial charge in [0.1, 0.15) is 5.82 Å². The molecule has 3 rings (SSSR count). The Hall–Kier alpha value is -3.42. The number of benzene rings is 1. The number of para-hydroxylation sites is 1. The molecule has 2 N–H and O–H groups in total. The van der Waals surface area contributed by atoms with E-state index in [9.17, 15) is 9.59 Å². The predicted molar refractivity (Wildman–Crippen MR) is 111 cm³/mol. The van der Waals surface area contributed by atoms with Gasteiger partial charge < -0.3 is 10.6 Å². The van der Waals surface area contributed by atoms with Crippen LogP contribution in [0.15, 0.2) is 42.5 Å². The van der Waals surface area contributed by atoms with E-state index in [0.29, 0.717) is 18.8 Å². The summed E-state index contributed by atoms with van der Waals surface area (Å²) in [7, 11) is 0. The molecule has 0 saturated heterocycles. The van der Waals surface area contributed by atoms with Gasteiger partial charge in [0, 0.05) is 31.3 Å². The van der Waals surface area contributed by atoms with Gasteiger partial charge >= 0.3 is 0 Å². The smallest absolute Gasteiger partial charge is 0.271 e. The summed E-state index contributed by atoms with van der Waals surface area (Å²) in [5, 5.41) is 14.5. The molecule has 152 valence electrons. The van der Waals surface area contributed by atoms with E-state index in [4.69, 9.17) is 0 Å². The van der Waals surface area contributed by atoms with Crippen LogP contribution in [0.25, 0.3) is 5.69 Å². The second-order valence-electron chi connectivity index (χ2n) is 6.82. The molecule has 29 heavy (non-hydrogen) atoms. The van der Waals surface area contributed by atoms with Crippen molar-refractivity contribution in [3.8, 4) is 5.69 Å². The van der Waals surface area contributed by atoms with E-state index in [1.807, 2.05) is 54.9 Å². The van der Waals surface area contributed by atoms with E-state index >= 15 is 0 Å². The maximum absolute atomic E-state index is 12.6. The van der Waals surface area contributed by atoms with Crippen molar-refractivity contribution in [2.24, 2.45) is 0 Å². The number of anilines is 1. The molecule has 8 nitrogen and oxygen atoms in total. The third kappa shape index (κ3) is 5.10. The van der Waals surface area contributed by atoms with E-state index in [1.165, 1.54) is 0 Å². The first kappa shape index (κ1) is 20.3. The van der Waals surface area contributed by atoms with Crippen LogP contribution in [0.2, 0.25) is 0 Å². The minimum absolute atomic E-state index is 0.140. The summed E-state index contributed by atoms with van der Waals surface area (Å²) >= 11 is 0. The van der Waals surface area contributed by atoms with Gasteiger partial charge in [-0.1, -0.05) is 25.1 Å². The van der Waals surface area contributed by atoms with Gasteiger partial charge in [0.25, 0.3) is 5.91 Å². The minimum atomic E-state index is -0.278. The summed E-state index contributed by atoms with van der Waals surface area (Å²) in [6, 6.07) is 13.0. The maximum Gasteiger partial charge on any atom is 0.271 e. The molecule has 0 aliphatic rings. The Balaban J connectivity index is 1.66. The number of hydrogen-bond acceptors (Lipinski definition) is 4. The molecule has 0 fully saturated rings. The first-order valence-electron chi connectivity index (χ1n) is 9.72. The van der Waals surface area contributed by atoms with E-state index in [-0.39, 0.29) is 17.5 Å². The van der Waals surface area contributed by atoms with Crippen molar-refractivity contribution in [1.82, 2.24) is 24.9 Å². The number of aryl methyl sites for hydroxylation is 3. The number of carbonyl (C=O) groups is 2. The lowest BCUT2D eigenvalue weighted by molar-refractivity contribution is -0.115. The molecule has 3 aromatic rings. The van der Waals surface area contributed by atoms with Gasteiger partial charge in [0.15, 0.2) is 5.69 Å². The highest BCUT2D eigenvalue weighted by atomic mass is 16.2. The average Bonchev–Trinajstić information content (AvgIpc) is 3.28. The van der Waals surface area contributed by atoms with Gasteiger partial charge in [0.05, 0.1) is 11.4 Å². The summed E-state index contributed by atoms with van der Waals surface area (Å²) in [6.45, 7) is 6.99. The Bertz CT molecular complexity index is 990. The molecule has 2 amide bonds. The van der Waals surface area contributed by atoms with Gasteiger partial charge in [0.2, 0.25) is 5.91 Å². The quantitative estimate of drug-likeness (QED) is 0.575. The molecule has 1 aromatic carbocycles. The van der Waals surface area contributed by atoms with Gasteiger partial charge in [-0.2, -0.15) is 10.2 Å². The Morgan fingerprint density at radius 3 is 2.48 bits per heavy atom. The Morgan fingerprint density at radius 2 is 1.83 bits per heavy atom. The van der Waals surface area contributed by atoms with Crippen molar-refractivity contribution in [3.05, 3.63) is 59.5 Å². The lowest BCUT2D eigenvalue weighted by atomic mass is 10.3. The molecule has 2 aromatic heterocycles. The minimum Gasteiger partial charge on any atom is -0.351 e.